The fourth-order valence-electron chi connectivity index (χ4n) is 1.07. The first-order valence-electron chi connectivity index (χ1n) is 5.41. The molecule has 0 unspecified atom stereocenters. The van der Waals surface area contributed by atoms with Crippen molar-refractivity contribution in [2.75, 3.05) is 23.7 Å². The van der Waals surface area contributed by atoms with Crippen molar-refractivity contribution in [3.63, 3.8) is 0 Å². The van der Waals surface area contributed by atoms with Gasteiger partial charge >= 0.3 is 12.3 Å². The van der Waals surface area contributed by atoms with E-state index in [9.17, 15) is 17.6 Å². The van der Waals surface area contributed by atoms with Crippen LogP contribution in [0.3, 0.4) is 0 Å². The van der Waals surface area contributed by atoms with Crippen molar-refractivity contribution in [2.24, 2.45) is 0 Å². The minimum absolute atomic E-state index is 0.0245. The summed E-state index contributed by atoms with van der Waals surface area (Å²) in [7, 11) is 0. The van der Waals surface area contributed by atoms with Gasteiger partial charge in [-0.05, 0) is 6.42 Å². The standard InChI is InChI=1S/C10H14F4N4/c1-2-3-16-7-4-15-5-8(18-7)17-6-10(13,14)9(11)12/h4-5,9H,2-3,6H2,1H3,(H2,16,17,18). The van der Waals surface area contributed by atoms with Crippen LogP contribution in [0.25, 0.3) is 0 Å². The molecule has 0 radical (unpaired) electrons. The quantitative estimate of drug-likeness (QED) is 0.745. The molecule has 1 rings (SSSR count). The summed E-state index contributed by atoms with van der Waals surface area (Å²) in [6.07, 6.45) is -0.229. The topological polar surface area (TPSA) is 49.8 Å². The van der Waals surface area contributed by atoms with E-state index in [2.05, 4.69) is 20.6 Å². The number of nitrogens with zero attached hydrogens (tertiary/aromatic N) is 2. The van der Waals surface area contributed by atoms with Gasteiger partial charge in [-0.3, -0.25) is 4.98 Å². The highest BCUT2D eigenvalue weighted by atomic mass is 19.3. The molecule has 1 aromatic rings. The summed E-state index contributed by atoms with van der Waals surface area (Å²) >= 11 is 0. The van der Waals surface area contributed by atoms with Crippen LogP contribution in [0.5, 0.6) is 0 Å². The number of hydrogen-bond donors (Lipinski definition) is 2. The van der Waals surface area contributed by atoms with Crippen molar-refractivity contribution < 1.29 is 17.6 Å². The fourth-order valence-corrected chi connectivity index (χ4v) is 1.07. The zero-order valence-corrected chi connectivity index (χ0v) is 9.76. The van der Waals surface area contributed by atoms with E-state index < -0.39 is 18.9 Å². The molecule has 0 aliphatic heterocycles. The van der Waals surface area contributed by atoms with Gasteiger partial charge in [-0.25, -0.2) is 13.8 Å². The van der Waals surface area contributed by atoms with Crippen LogP contribution in [0.4, 0.5) is 29.2 Å². The summed E-state index contributed by atoms with van der Waals surface area (Å²) in [5, 5.41) is 5.04. The molecular weight excluding hydrogens is 252 g/mol. The number of halogens is 4. The van der Waals surface area contributed by atoms with E-state index in [4.69, 9.17) is 0 Å². The van der Waals surface area contributed by atoms with Gasteiger partial charge in [0.25, 0.3) is 0 Å². The maximum Gasteiger partial charge on any atom is 0.324 e. The summed E-state index contributed by atoms with van der Waals surface area (Å²) in [5.74, 6) is -3.66. The maximum absolute atomic E-state index is 12.7. The van der Waals surface area contributed by atoms with Crippen LogP contribution in [-0.2, 0) is 0 Å². The Morgan fingerprint density at radius 1 is 1.22 bits per heavy atom. The van der Waals surface area contributed by atoms with Gasteiger partial charge in [0.1, 0.15) is 11.6 Å². The smallest absolute Gasteiger partial charge is 0.324 e. The Morgan fingerprint density at radius 2 is 1.83 bits per heavy atom. The van der Waals surface area contributed by atoms with Crippen molar-refractivity contribution in [3.8, 4) is 0 Å². The molecule has 0 bridgehead atoms. The number of aromatic nitrogens is 2. The molecule has 0 saturated heterocycles. The van der Waals surface area contributed by atoms with E-state index in [0.717, 1.165) is 6.42 Å². The summed E-state index contributed by atoms with van der Waals surface area (Å²) in [6.45, 7) is 1.42. The van der Waals surface area contributed by atoms with Crippen LogP contribution >= 0.6 is 0 Å². The van der Waals surface area contributed by atoms with Gasteiger partial charge in [-0.1, -0.05) is 6.92 Å². The van der Waals surface area contributed by atoms with E-state index in [1.807, 2.05) is 6.92 Å². The second kappa shape index (κ2) is 6.36. The molecule has 0 aromatic carbocycles. The fraction of sp³-hybridized carbons (Fsp3) is 0.600. The Balaban J connectivity index is 2.57. The third-order valence-corrected chi connectivity index (χ3v) is 2.02. The second-order valence-electron chi connectivity index (χ2n) is 3.63. The Labute approximate surface area is 102 Å². The lowest BCUT2D eigenvalue weighted by Gasteiger charge is -2.16. The molecule has 0 aliphatic carbocycles. The van der Waals surface area contributed by atoms with Crippen LogP contribution < -0.4 is 10.6 Å². The average molecular weight is 266 g/mol. The highest BCUT2D eigenvalue weighted by Gasteiger charge is 2.40. The second-order valence-corrected chi connectivity index (χ2v) is 3.63. The Bertz CT molecular complexity index is 373. The van der Waals surface area contributed by atoms with Crippen LogP contribution in [0.2, 0.25) is 0 Å². The van der Waals surface area contributed by atoms with Crippen molar-refractivity contribution >= 4 is 11.6 Å². The maximum atomic E-state index is 12.7. The van der Waals surface area contributed by atoms with E-state index >= 15 is 0 Å². The van der Waals surface area contributed by atoms with Gasteiger partial charge in [0.2, 0.25) is 0 Å². The Hall–Kier alpha value is -1.60. The first kappa shape index (κ1) is 14.5. The van der Waals surface area contributed by atoms with Gasteiger partial charge in [0.05, 0.1) is 18.9 Å². The Morgan fingerprint density at radius 3 is 2.39 bits per heavy atom. The number of rotatable bonds is 7. The first-order chi connectivity index (χ1) is 8.45. The number of alkyl halides is 4. The monoisotopic (exact) mass is 266 g/mol. The molecule has 4 nitrogen and oxygen atoms in total. The third-order valence-electron chi connectivity index (χ3n) is 2.02. The van der Waals surface area contributed by atoms with Crippen LogP contribution in [0.15, 0.2) is 12.4 Å². The molecule has 0 atom stereocenters. The third kappa shape index (κ3) is 4.34. The van der Waals surface area contributed by atoms with Crippen molar-refractivity contribution in [2.45, 2.75) is 25.7 Å². The molecule has 1 heterocycles. The summed E-state index contributed by atoms with van der Waals surface area (Å²) < 4.78 is 49.2. The molecule has 0 spiro atoms. The zero-order chi connectivity index (χ0) is 13.6. The van der Waals surface area contributed by atoms with Crippen LogP contribution in [-0.4, -0.2) is 35.4 Å². The van der Waals surface area contributed by atoms with Crippen molar-refractivity contribution in [1.29, 1.82) is 0 Å². The van der Waals surface area contributed by atoms with E-state index in [0.29, 0.717) is 12.4 Å². The molecule has 102 valence electrons. The van der Waals surface area contributed by atoms with Gasteiger partial charge in [-0.15, -0.1) is 0 Å². The molecule has 8 heteroatoms. The zero-order valence-electron chi connectivity index (χ0n) is 9.76. The van der Waals surface area contributed by atoms with E-state index in [1.54, 1.807) is 0 Å². The first-order valence-corrected chi connectivity index (χ1v) is 5.41. The van der Waals surface area contributed by atoms with E-state index in [1.165, 1.54) is 12.4 Å². The normalized spacial score (nSPS) is 11.7. The SMILES string of the molecule is CCCNc1cncc(NCC(F)(F)C(F)F)n1. The summed E-state index contributed by atoms with van der Waals surface area (Å²) in [4.78, 5) is 7.67. The molecule has 0 aliphatic rings. The molecule has 0 amide bonds. The number of hydrogen-bond acceptors (Lipinski definition) is 4. The highest BCUT2D eigenvalue weighted by Crippen LogP contribution is 2.22. The summed E-state index contributed by atoms with van der Waals surface area (Å²) in [6, 6.07) is 0. The average Bonchev–Trinajstić information content (AvgIpc) is 2.34. The predicted molar refractivity (Wildman–Crippen MR) is 60.3 cm³/mol. The molecule has 0 saturated carbocycles. The summed E-state index contributed by atoms with van der Waals surface area (Å²) in [5.41, 5.74) is 0. The predicted octanol–water partition coefficient (Wildman–Crippen LogP) is 2.61. The van der Waals surface area contributed by atoms with Gasteiger partial charge < -0.3 is 10.6 Å². The molecule has 1 aromatic heterocycles. The van der Waals surface area contributed by atoms with Gasteiger partial charge in [0.15, 0.2) is 0 Å². The minimum atomic E-state index is -4.09. The molecular formula is C10H14F4N4. The van der Waals surface area contributed by atoms with Crippen molar-refractivity contribution in [3.05, 3.63) is 12.4 Å². The lowest BCUT2D eigenvalue weighted by Crippen LogP contribution is -2.35. The van der Waals surface area contributed by atoms with Crippen LogP contribution in [0.1, 0.15) is 13.3 Å². The van der Waals surface area contributed by atoms with E-state index in [-0.39, 0.29) is 5.82 Å². The van der Waals surface area contributed by atoms with Gasteiger partial charge in [-0.2, -0.15) is 8.78 Å². The highest BCUT2D eigenvalue weighted by molar-refractivity contribution is 5.41. The largest absolute Gasteiger partial charge is 0.369 e. The molecule has 0 fully saturated rings. The molecule has 2 N–H and O–H groups in total. The van der Waals surface area contributed by atoms with Crippen molar-refractivity contribution in [1.82, 2.24) is 9.97 Å². The lowest BCUT2D eigenvalue weighted by molar-refractivity contribution is -0.117. The Kier molecular flexibility index (Phi) is 5.11. The number of nitrogens with one attached hydrogen (secondary N) is 2. The van der Waals surface area contributed by atoms with Crippen LogP contribution in [0, 0.1) is 0 Å². The van der Waals surface area contributed by atoms with Gasteiger partial charge in [0, 0.05) is 6.54 Å². The molecule has 18 heavy (non-hydrogen) atoms. The number of anilines is 2. The minimum Gasteiger partial charge on any atom is -0.369 e. The lowest BCUT2D eigenvalue weighted by atomic mass is 10.3.